The van der Waals surface area contributed by atoms with E-state index in [9.17, 15) is 4.79 Å². The molecule has 0 atom stereocenters. The van der Waals surface area contributed by atoms with Crippen LogP contribution in [0.25, 0.3) is 0 Å². The first-order valence-corrected chi connectivity index (χ1v) is 8.49. The molecule has 26 heavy (non-hydrogen) atoms. The Morgan fingerprint density at radius 1 is 1.08 bits per heavy atom. The van der Waals surface area contributed by atoms with Gasteiger partial charge in [-0.2, -0.15) is 5.10 Å². The van der Waals surface area contributed by atoms with Crippen molar-refractivity contribution >= 4 is 17.3 Å². The number of fused-ring (bicyclic) bond motifs is 1. The quantitative estimate of drug-likeness (QED) is 0.639. The van der Waals surface area contributed by atoms with Crippen LogP contribution in [0.3, 0.4) is 0 Å². The van der Waals surface area contributed by atoms with Crippen molar-refractivity contribution in [3.63, 3.8) is 0 Å². The average molecular weight is 353 g/mol. The average Bonchev–Trinajstić information content (AvgIpc) is 3.06. The molecule has 0 aromatic heterocycles. The molecule has 6 nitrogen and oxygen atoms in total. The highest BCUT2D eigenvalue weighted by molar-refractivity contribution is 6.00. The molecule has 0 saturated carbocycles. The fraction of sp³-hybridized carbons (Fsp3) is 0.300. The Morgan fingerprint density at radius 2 is 1.77 bits per heavy atom. The van der Waals surface area contributed by atoms with Crippen molar-refractivity contribution in [2.45, 2.75) is 27.7 Å². The van der Waals surface area contributed by atoms with Gasteiger partial charge in [0.1, 0.15) is 0 Å². The molecule has 0 bridgehead atoms. The van der Waals surface area contributed by atoms with Crippen LogP contribution < -0.4 is 20.2 Å². The van der Waals surface area contributed by atoms with Gasteiger partial charge in [-0.3, -0.25) is 4.79 Å². The number of hydrogen-bond donors (Lipinski definition) is 2. The summed E-state index contributed by atoms with van der Waals surface area (Å²) in [5.74, 6) is 1.21. The predicted octanol–water partition coefficient (Wildman–Crippen LogP) is 3.29. The monoisotopic (exact) mass is 353 g/mol. The van der Waals surface area contributed by atoms with Gasteiger partial charge in [0.2, 0.25) is 6.79 Å². The maximum atomic E-state index is 12.1. The van der Waals surface area contributed by atoms with E-state index < -0.39 is 0 Å². The van der Waals surface area contributed by atoms with Crippen LogP contribution in [0.15, 0.2) is 35.4 Å². The van der Waals surface area contributed by atoms with Gasteiger partial charge in [-0.1, -0.05) is 17.7 Å². The zero-order valence-corrected chi connectivity index (χ0v) is 15.5. The largest absolute Gasteiger partial charge is 0.454 e. The van der Waals surface area contributed by atoms with Crippen molar-refractivity contribution in [3.8, 4) is 11.5 Å². The van der Waals surface area contributed by atoms with Crippen LogP contribution in [0.2, 0.25) is 0 Å². The Hall–Kier alpha value is -3.02. The molecule has 1 aliphatic rings. The first-order chi connectivity index (χ1) is 12.4. The summed E-state index contributed by atoms with van der Waals surface area (Å²) in [6, 6.07) is 9.76. The van der Waals surface area contributed by atoms with Crippen molar-refractivity contribution in [2.75, 3.05) is 18.7 Å². The van der Waals surface area contributed by atoms with Crippen molar-refractivity contribution < 1.29 is 14.3 Å². The summed E-state index contributed by atoms with van der Waals surface area (Å²) >= 11 is 0. The highest BCUT2D eigenvalue weighted by Gasteiger charge is 2.14. The van der Waals surface area contributed by atoms with E-state index in [1.165, 1.54) is 5.56 Å². The van der Waals surface area contributed by atoms with Crippen LogP contribution in [-0.4, -0.2) is 25.0 Å². The van der Waals surface area contributed by atoms with Gasteiger partial charge in [0.05, 0.1) is 12.3 Å². The van der Waals surface area contributed by atoms with Crippen molar-refractivity contribution in [2.24, 2.45) is 5.10 Å². The summed E-state index contributed by atoms with van der Waals surface area (Å²) in [6.45, 7) is 8.34. The Kier molecular flexibility index (Phi) is 5.11. The van der Waals surface area contributed by atoms with Crippen LogP contribution in [0.4, 0.5) is 5.69 Å². The second kappa shape index (κ2) is 7.47. The maximum Gasteiger partial charge on any atom is 0.259 e. The number of rotatable bonds is 5. The lowest BCUT2D eigenvalue weighted by Crippen LogP contribution is -2.27. The number of carbonyl (C=O) groups is 1. The fourth-order valence-electron chi connectivity index (χ4n) is 3.00. The molecular weight excluding hydrogens is 330 g/mol. The minimum Gasteiger partial charge on any atom is -0.454 e. The normalized spacial score (nSPS) is 12.8. The third-order valence-electron chi connectivity index (χ3n) is 4.24. The first-order valence-electron chi connectivity index (χ1n) is 8.49. The number of nitrogens with one attached hydrogen (secondary N) is 2. The topological polar surface area (TPSA) is 72.0 Å². The fourth-order valence-corrected chi connectivity index (χ4v) is 3.00. The maximum absolute atomic E-state index is 12.1. The summed E-state index contributed by atoms with van der Waals surface area (Å²) in [5, 5.41) is 7.36. The lowest BCUT2D eigenvalue weighted by atomic mass is 10.1. The number of anilines is 1. The number of carbonyl (C=O) groups excluding carboxylic acids is 1. The van der Waals surface area contributed by atoms with Gasteiger partial charge in [-0.25, -0.2) is 5.43 Å². The van der Waals surface area contributed by atoms with Crippen LogP contribution in [0, 0.1) is 20.8 Å². The minimum atomic E-state index is -0.204. The summed E-state index contributed by atoms with van der Waals surface area (Å²) < 4.78 is 10.7. The van der Waals surface area contributed by atoms with Gasteiger partial charge in [0, 0.05) is 11.3 Å². The Labute approximate surface area is 153 Å². The van der Waals surface area contributed by atoms with Gasteiger partial charge in [0.15, 0.2) is 11.5 Å². The Balaban J connectivity index is 1.59. The molecule has 0 spiro atoms. The van der Waals surface area contributed by atoms with E-state index >= 15 is 0 Å². The molecule has 6 heteroatoms. The van der Waals surface area contributed by atoms with Gasteiger partial charge in [-0.15, -0.1) is 0 Å². The molecule has 2 N–H and O–H groups in total. The number of hydrazone groups is 1. The smallest absolute Gasteiger partial charge is 0.259 e. The molecule has 0 radical (unpaired) electrons. The second-order valence-corrected chi connectivity index (χ2v) is 6.43. The van der Waals surface area contributed by atoms with E-state index in [0.29, 0.717) is 11.5 Å². The van der Waals surface area contributed by atoms with Crippen molar-refractivity contribution in [1.82, 2.24) is 5.43 Å². The summed E-state index contributed by atoms with van der Waals surface area (Å²) in [7, 11) is 0. The van der Waals surface area contributed by atoms with Crippen LogP contribution in [0.5, 0.6) is 11.5 Å². The molecule has 2 aromatic carbocycles. The number of aryl methyl sites for hydroxylation is 3. The highest BCUT2D eigenvalue weighted by atomic mass is 16.7. The Bertz CT molecular complexity index is 852. The molecule has 0 saturated heterocycles. The number of ether oxygens (including phenoxy) is 2. The van der Waals surface area contributed by atoms with E-state index in [1.807, 2.05) is 39.0 Å². The molecule has 1 heterocycles. The van der Waals surface area contributed by atoms with E-state index in [2.05, 4.69) is 34.9 Å². The van der Waals surface area contributed by atoms with Crippen molar-refractivity contribution in [1.29, 1.82) is 0 Å². The molecule has 3 rings (SSSR count). The Morgan fingerprint density at radius 3 is 2.50 bits per heavy atom. The summed E-state index contributed by atoms with van der Waals surface area (Å²) in [6.07, 6.45) is 0. The van der Waals surface area contributed by atoms with E-state index in [1.54, 1.807) is 0 Å². The van der Waals surface area contributed by atoms with Gasteiger partial charge in [0.25, 0.3) is 5.91 Å². The number of amides is 1. The lowest BCUT2D eigenvalue weighted by molar-refractivity contribution is -0.119. The minimum absolute atomic E-state index is 0.155. The third kappa shape index (κ3) is 3.96. The molecule has 136 valence electrons. The van der Waals surface area contributed by atoms with E-state index in [0.717, 1.165) is 28.1 Å². The van der Waals surface area contributed by atoms with E-state index in [4.69, 9.17) is 9.47 Å². The van der Waals surface area contributed by atoms with Gasteiger partial charge in [-0.05, 0) is 57.0 Å². The second-order valence-electron chi connectivity index (χ2n) is 6.43. The zero-order chi connectivity index (χ0) is 18.7. The van der Waals surface area contributed by atoms with Gasteiger partial charge < -0.3 is 14.8 Å². The van der Waals surface area contributed by atoms with Crippen LogP contribution in [-0.2, 0) is 4.79 Å². The number of nitrogens with zero attached hydrogens (tertiary/aromatic N) is 1. The van der Waals surface area contributed by atoms with E-state index in [-0.39, 0.29) is 19.2 Å². The third-order valence-corrected chi connectivity index (χ3v) is 4.24. The number of hydrogen-bond acceptors (Lipinski definition) is 5. The SMILES string of the molecule is C/C(=N/NC(=O)CNc1c(C)cc(C)cc1C)c1ccc2c(c1)OCO2. The summed E-state index contributed by atoms with van der Waals surface area (Å²) in [5.41, 5.74) is 8.58. The van der Waals surface area contributed by atoms with Gasteiger partial charge >= 0.3 is 0 Å². The lowest BCUT2D eigenvalue weighted by Gasteiger charge is -2.13. The van der Waals surface area contributed by atoms with Crippen LogP contribution in [0.1, 0.15) is 29.2 Å². The predicted molar refractivity (Wildman–Crippen MR) is 102 cm³/mol. The molecule has 0 aliphatic carbocycles. The standard InChI is InChI=1S/C20H23N3O3/c1-12-7-13(2)20(14(3)8-12)21-10-19(24)23-22-15(4)16-5-6-17-18(9-16)26-11-25-17/h5-9,21H,10-11H2,1-4H3,(H,23,24)/b22-15-. The number of benzene rings is 2. The molecule has 1 amide bonds. The molecular formula is C20H23N3O3. The molecule has 0 fully saturated rings. The molecule has 1 aliphatic heterocycles. The molecule has 2 aromatic rings. The molecule has 0 unspecified atom stereocenters. The summed E-state index contributed by atoms with van der Waals surface area (Å²) in [4.78, 5) is 12.1. The first kappa shape index (κ1) is 17.8. The van der Waals surface area contributed by atoms with Crippen LogP contribution >= 0.6 is 0 Å². The zero-order valence-electron chi connectivity index (χ0n) is 15.5. The highest BCUT2D eigenvalue weighted by Crippen LogP contribution is 2.32. The van der Waals surface area contributed by atoms with Crippen molar-refractivity contribution in [3.05, 3.63) is 52.6 Å².